The molecular formula is C10H6ClN5O2. The van der Waals surface area contributed by atoms with Crippen LogP contribution >= 0.6 is 11.6 Å². The molecule has 0 amide bonds. The minimum atomic E-state index is -0.647. The highest BCUT2D eigenvalue weighted by atomic mass is 35.5. The monoisotopic (exact) mass is 263 g/mol. The second kappa shape index (κ2) is 4.81. The number of halogens is 1. The van der Waals surface area contributed by atoms with Crippen LogP contribution in [0.4, 0.5) is 5.82 Å². The minimum absolute atomic E-state index is 0.0189. The van der Waals surface area contributed by atoms with Gasteiger partial charge in [0.15, 0.2) is 5.02 Å². The lowest BCUT2D eigenvalue weighted by molar-refractivity contribution is -0.389. The van der Waals surface area contributed by atoms with E-state index in [-0.39, 0.29) is 23.1 Å². The normalized spacial score (nSPS) is 10.0. The molecule has 0 bridgehead atoms. The number of hydrogen-bond acceptors (Lipinski definition) is 5. The zero-order valence-corrected chi connectivity index (χ0v) is 9.70. The minimum Gasteiger partial charge on any atom is -0.358 e. The number of nitro groups is 1. The van der Waals surface area contributed by atoms with Gasteiger partial charge in [0.25, 0.3) is 0 Å². The van der Waals surface area contributed by atoms with Gasteiger partial charge in [0, 0.05) is 6.20 Å². The van der Waals surface area contributed by atoms with E-state index in [1.165, 1.54) is 17.1 Å². The Balaban J connectivity index is 2.26. The third kappa shape index (κ3) is 2.44. The van der Waals surface area contributed by atoms with E-state index in [1.807, 2.05) is 6.07 Å². The van der Waals surface area contributed by atoms with Gasteiger partial charge in [-0.2, -0.15) is 9.94 Å². The first kappa shape index (κ1) is 12.0. The highest BCUT2D eigenvalue weighted by Crippen LogP contribution is 2.21. The molecule has 2 rings (SSSR count). The maximum atomic E-state index is 10.6. The number of nitriles is 1. The van der Waals surface area contributed by atoms with Crippen molar-refractivity contribution in [2.75, 3.05) is 0 Å². The molecule has 2 heterocycles. The van der Waals surface area contributed by atoms with Crippen LogP contribution in [-0.4, -0.2) is 19.7 Å². The third-order valence-electron chi connectivity index (χ3n) is 2.16. The van der Waals surface area contributed by atoms with E-state index < -0.39 is 4.92 Å². The molecule has 0 aliphatic carbocycles. The first-order valence-corrected chi connectivity index (χ1v) is 5.20. The van der Waals surface area contributed by atoms with E-state index in [9.17, 15) is 10.1 Å². The second-order valence-corrected chi connectivity index (χ2v) is 3.82. The summed E-state index contributed by atoms with van der Waals surface area (Å²) >= 11 is 5.68. The Morgan fingerprint density at radius 2 is 2.39 bits per heavy atom. The standard InChI is InChI=1S/C10H6ClN5O2/c11-9-6-15(14-10(9)16(17)18)5-7-1-2-13-8(3-7)4-12/h1-3,6H,5H2. The van der Waals surface area contributed by atoms with Gasteiger partial charge in [-0.25, -0.2) is 4.98 Å². The Bertz CT molecular complexity index is 646. The molecular weight excluding hydrogens is 258 g/mol. The predicted molar refractivity (Wildman–Crippen MR) is 61.9 cm³/mol. The van der Waals surface area contributed by atoms with Crippen molar-refractivity contribution >= 4 is 17.4 Å². The van der Waals surface area contributed by atoms with Crippen molar-refractivity contribution < 1.29 is 4.92 Å². The summed E-state index contributed by atoms with van der Waals surface area (Å²) in [5.74, 6) is -0.383. The van der Waals surface area contributed by atoms with Crippen molar-refractivity contribution in [3.8, 4) is 6.07 Å². The molecule has 0 saturated carbocycles. The molecule has 0 aromatic carbocycles. The Hall–Kier alpha value is -2.46. The fraction of sp³-hybridized carbons (Fsp3) is 0.100. The Kier molecular flexibility index (Phi) is 3.21. The molecule has 0 aliphatic heterocycles. The number of rotatable bonds is 3. The Morgan fingerprint density at radius 3 is 3.00 bits per heavy atom. The van der Waals surface area contributed by atoms with Gasteiger partial charge in [-0.05, 0) is 22.6 Å². The lowest BCUT2D eigenvalue weighted by atomic mass is 10.2. The number of aromatic nitrogens is 3. The highest BCUT2D eigenvalue weighted by molar-refractivity contribution is 6.32. The number of hydrogen-bond donors (Lipinski definition) is 0. The molecule has 2 aromatic rings. The molecule has 7 nitrogen and oxygen atoms in total. The van der Waals surface area contributed by atoms with Crippen LogP contribution in [-0.2, 0) is 6.54 Å². The van der Waals surface area contributed by atoms with Gasteiger partial charge in [0.1, 0.15) is 11.8 Å². The maximum Gasteiger partial charge on any atom is 0.408 e. The summed E-state index contributed by atoms with van der Waals surface area (Å²) in [5.41, 5.74) is 1.04. The van der Waals surface area contributed by atoms with Gasteiger partial charge in [0.05, 0.1) is 17.8 Å². The maximum absolute atomic E-state index is 10.6. The molecule has 0 radical (unpaired) electrons. The van der Waals surface area contributed by atoms with Crippen molar-refractivity contribution in [2.45, 2.75) is 6.54 Å². The van der Waals surface area contributed by atoms with Gasteiger partial charge in [-0.15, -0.1) is 0 Å². The van der Waals surface area contributed by atoms with Crippen molar-refractivity contribution in [3.05, 3.63) is 50.9 Å². The first-order valence-electron chi connectivity index (χ1n) is 4.82. The Labute approximate surface area is 106 Å². The summed E-state index contributed by atoms with van der Waals surface area (Å²) in [5, 5.41) is 23.0. The molecule has 0 N–H and O–H groups in total. The zero-order chi connectivity index (χ0) is 13.1. The van der Waals surface area contributed by atoms with E-state index in [0.29, 0.717) is 0 Å². The van der Waals surface area contributed by atoms with Gasteiger partial charge < -0.3 is 10.1 Å². The summed E-state index contributed by atoms with van der Waals surface area (Å²) < 4.78 is 1.34. The summed E-state index contributed by atoms with van der Waals surface area (Å²) in [6, 6.07) is 5.19. The second-order valence-electron chi connectivity index (χ2n) is 3.42. The number of nitrogens with zero attached hydrogens (tertiary/aromatic N) is 5. The molecule has 2 aromatic heterocycles. The average molecular weight is 264 g/mol. The van der Waals surface area contributed by atoms with Crippen LogP contribution in [0, 0.1) is 21.4 Å². The molecule has 0 saturated heterocycles. The van der Waals surface area contributed by atoms with E-state index in [0.717, 1.165) is 5.56 Å². The molecule has 0 spiro atoms. The van der Waals surface area contributed by atoms with Crippen LogP contribution in [0.5, 0.6) is 0 Å². The SMILES string of the molecule is N#Cc1cc(Cn2cc(Cl)c([N+](=O)[O-])n2)ccn1. The summed E-state index contributed by atoms with van der Waals surface area (Å²) in [4.78, 5) is 13.8. The van der Waals surface area contributed by atoms with E-state index >= 15 is 0 Å². The van der Waals surface area contributed by atoms with Crippen molar-refractivity contribution in [3.63, 3.8) is 0 Å². The molecule has 90 valence electrons. The van der Waals surface area contributed by atoms with Crippen molar-refractivity contribution in [2.24, 2.45) is 0 Å². The van der Waals surface area contributed by atoms with Crippen molar-refractivity contribution in [1.29, 1.82) is 5.26 Å². The van der Waals surface area contributed by atoms with Crippen LogP contribution in [0.25, 0.3) is 0 Å². The molecule has 0 atom stereocenters. The van der Waals surface area contributed by atoms with E-state index in [4.69, 9.17) is 16.9 Å². The fourth-order valence-corrected chi connectivity index (χ4v) is 1.63. The number of pyridine rings is 1. The van der Waals surface area contributed by atoms with Crippen LogP contribution in [0.15, 0.2) is 24.5 Å². The van der Waals surface area contributed by atoms with Crippen LogP contribution in [0.1, 0.15) is 11.3 Å². The third-order valence-corrected chi connectivity index (χ3v) is 2.42. The smallest absolute Gasteiger partial charge is 0.358 e. The lowest BCUT2D eigenvalue weighted by Gasteiger charge is -1.97. The van der Waals surface area contributed by atoms with Gasteiger partial charge >= 0.3 is 5.82 Å². The molecule has 8 heteroatoms. The molecule has 18 heavy (non-hydrogen) atoms. The van der Waals surface area contributed by atoms with Crippen LogP contribution in [0.3, 0.4) is 0 Å². The highest BCUT2D eigenvalue weighted by Gasteiger charge is 2.18. The fourth-order valence-electron chi connectivity index (χ4n) is 1.41. The van der Waals surface area contributed by atoms with Gasteiger partial charge in [-0.1, -0.05) is 11.6 Å². The predicted octanol–water partition coefficient (Wildman–Crippen LogP) is 1.76. The topological polar surface area (TPSA) is 97.6 Å². The van der Waals surface area contributed by atoms with Crippen molar-refractivity contribution in [1.82, 2.24) is 14.8 Å². The summed E-state index contributed by atoms with van der Waals surface area (Å²) in [6.07, 6.45) is 2.86. The van der Waals surface area contributed by atoms with Gasteiger partial charge in [-0.3, -0.25) is 0 Å². The summed E-state index contributed by atoms with van der Waals surface area (Å²) in [6.45, 7) is 0.282. The first-order chi connectivity index (χ1) is 8.60. The van der Waals surface area contributed by atoms with Gasteiger partial charge in [0.2, 0.25) is 0 Å². The van der Waals surface area contributed by atoms with Crippen LogP contribution in [0.2, 0.25) is 5.02 Å². The average Bonchev–Trinajstić information content (AvgIpc) is 2.70. The quantitative estimate of drug-likeness (QED) is 0.621. The largest absolute Gasteiger partial charge is 0.408 e. The molecule has 0 unspecified atom stereocenters. The lowest BCUT2D eigenvalue weighted by Crippen LogP contribution is -2.02. The summed E-state index contributed by atoms with van der Waals surface area (Å²) in [7, 11) is 0. The molecule has 0 aliphatic rings. The molecule has 0 fully saturated rings. The van der Waals surface area contributed by atoms with E-state index in [2.05, 4.69) is 10.1 Å². The zero-order valence-electron chi connectivity index (χ0n) is 8.95. The van der Waals surface area contributed by atoms with E-state index in [1.54, 1.807) is 12.1 Å². The Morgan fingerprint density at radius 1 is 1.61 bits per heavy atom. The van der Waals surface area contributed by atoms with Crippen LogP contribution < -0.4 is 0 Å².